The van der Waals surface area contributed by atoms with Crippen molar-refractivity contribution < 1.29 is 4.42 Å². The number of nitrogens with zero attached hydrogens (tertiary/aromatic N) is 3. The van der Waals surface area contributed by atoms with Crippen LogP contribution >= 0.6 is 0 Å². The van der Waals surface area contributed by atoms with Gasteiger partial charge in [-0.05, 0) is 80.9 Å². The standard InChI is InChI=1S/C47H31N3O/c1-3-10-30(11-4-1)38-24-25-40-43(29-38)51-42-17-9-16-41(44(40)42)47-49-45(32-13-5-2-6-14-32)48-46(50-47)39-23-22-36-27-35(20-21-37(36)28-39)34-19-18-31-12-7-8-15-33(31)26-34/h1-27,29,39H,28H2. The van der Waals surface area contributed by atoms with Crippen LogP contribution in [0.4, 0.5) is 0 Å². The van der Waals surface area contributed by atoms with Crippen molar-refractivity contribution >= 4 is 38.8 Å². The fraction of sp³-hybridized carbons (Fsp3) is 0.0426. The van der Waals surface area contributed by atoms with Gasteiger partial charge in [0.1, 0.15) is 17.0 Å². The minimum atomic E-state index is 0.00181. The van der Waals surface area contributed by atoms with Crippen LogP contribution in [0, 0.1) is 0 Å². The number of fused-ring (bicyclic) bond motifs is 5. The fourth-order valence-electron chi connectivity index (χ4n) is 7.40. The van der Waals surface area contributed by atoms with Crippen molar-refractivity contribution in [3.8, 4) is 45.0 Å². The highest BCUT2D eigenvalue weighted by atomic mass is 16.3. The predicted molar refractivity (Wildman–Crippen MR) is 208 cm³/mol. The molecule has 0 aliphatic heterocycles. The van der Waals surface area contributed by atoms with Crippen LogP contribution < -0.4 is 0 Å². The number of hydrogen-bond acceptors (Lipinski definition) is 4. The van der Waals surface area contributed by atoms with Gasteiger partial charge in [-0.1, -0.05) is 140 Å². The molecule has 0 bridgehead atoms. The summed E-state index contributed by atoms with van der Waals surface area (Å²) in [5, 5.41) is 4.55. The van der Waals surface area contributed by atoms with E-state index in [1.807, 2.05) is 36.4 Å². The third-order valence-electron chi connectivity index (χ3n) is 10.0. The van der Waals surface area contributed by atoms with Gasteiger partial charge >= 0.3 is 0 Å². The first-order chi connectivity index (χ1) is 25.2. The minimum Gasteiger partial charge on any atom is -0.456 e. The monoisotopic (exact) mass is 653 g/mol. The van der Waals surface area contributed by atoms with Crippen molar-refractivity contribution in [1.29, 1.82) is 0 Å². The van der Waals surface area contributed by atoms with Crippen LogP contribution in [0.1, 0.15) is 22.9 Å². The summed E-state index contributed by atoms with van der Waals surface area (Å²) in [5.41, 5.74) is 10.8. The van der Waals surface area contributed by atoms with Crippen LogP contribution in [0.2, 0.25) is 0 Å². The molecule has 7 aromatic carbocycles. The number of benzene rings is 7. The molecule has 1 aliphatic rings. The lowest BCUT2D eigenvalue weighted by Gasteiger charge is -2.20. The van der Waals surface area contributed by atoms with Gasteiger partial charge in [0, 0.05) is 27.8 Å². The average molecular weight is 654 g/mol. The van der Waals surface area contributed by atoms with Crippen molar-refractivity contribution in [1.82, 2.24) is 15.0 Å². The molecule has 51 heavy (non-hydrogen) atoms. The Morgan fingerprint density at radius 2 is 1.20 bits per heavy atom. The number of allylic oxidation sites excluding steroid dienone is 1. The summed E-state index contributed by atoms with van der Waals surface area (Å²) < 4.78 is 6.46. The molecule has 0 spiro atoms. The molecule has 2 heterocycles. The molecule has 0 amide bonds. The van der Waals surface area contributed by atoms with Crippen LogP contribution in [-0.4, -0.2) is 15.0 Å². The molecule has 240 valence electrons. The van der Waals surface area contributed by atoms with Gasteiger partial charge in [0.15, 0.2) is 11.6 Å². The normalized spacial score (nSPS) is 13.9. The summed E-state index contributed by atoms with van der Waals surface area (Å²) in [5.74, 6) is 2.07. The molecule has 1 unspecified atom stereocenters. The molecule has 4 heteroatoms. The Morgan fingerprint density at radius 1 is 0.490 bits per heavy atom. The Morgan fingerprint density at radius 3 is 2.06 bits per heavy atom. The van der Waals surface area contributed by atoms with Crippen LogP contribution in [0.5, 0.6) is 0 Å². The molecular formula is C47H31N3O. The number of furan rings is 1. The molecule has 4 nitrogen and oxygen atoms in total. The summed E-state index contributed by atoms with van der Waals surface area (Å²) in [4.78, 5) is 15.4. The van der Waals surface area contributed by atoms with E-state index in [0.29, 0.717) is 11.6 Å². The van der Waals surface area contributed by atoms with Crippen molar-refractivity contribution in [3.63, 3.8) is 0 Å². The maximum absolute atomic E-state index is 6.46. The fourth-order valence-corrected chi connectivity index (χ4v) is 7.40. The van der Waals surface area contributed by atoms with Crippen LogP contribution in [0.25, 0.3) is 83.8 Å². The molecule has 2 aromatic heterocycles. The Labute approximate surface area is 295 Å². The molecule has 9 aromatic rings. The summed E-state index contributed by atoms with van der Waals surface area (Å²) >= 11 is 0. The van der Waals surface area contributed by atoms with E-state index in [0.717, 1.165) is 56.4 Å². The molecule has 10 rings (SSSR count). The van der Waals surface area contributed by atoms with Gasteiger partial charge in [0.25, 0.3) is 0 Å². The zero-order valence-corrected chi connectivity index (χ0v) is 27.7. The molecule has 0 saturated heterocycles. The number of rotatable bonds is 5. The first-order valence-corrected chi connectivity index (χ1v) is 17.4. The van der Waals surface area contributed by atoms with Gasteiger partial charge in [-0.15, -0.1) is 0 Å². The third kappa shape index (κ3) is 5.29. The van der Waals surface area contributed by atoms with E-state index in [1.165, 1.54) is 33.0 Å². The van der Waals surface area contributed by atoms with Crippen LogP contribution in [-0.2, 0) is 6.42 Å². The van der Waals surface area contributed by atoms with Gasteiger partial charge in [-0.25, -0.2) is 15.0 Å². The molecule has 1 aliphatic carbocycles. The Kier molecular flexibility index (Phi) is 6.91. The lowest BCUT2D eigenvalue weighted by Crippen LogP contribution is -2.12. The molecule has 0 radical (unpaired) electrons. The SMILES string of the molecule is C1=CC(c2nc(-c3ccccc3)nc(-c3cccc4oc5cc(-c6ccccc6)ccc5c34)n2)Cc2ccc(-c3ccc4ccccc4c3)cc21. The Balaban J connectivity index is 1.05. The largest absolute Gasteiger partial charge is 0.456 e. The molecule has 1 atom stereocenters. The van der Waals surface area contributed by atoms with Gasteiger partial charge in [0.05, 0.1) is 0 Å². The third-order valence-corrected chi connectivity index (χ3v) is 10.0. The van der Waals surface area contributed by atoms with Crippen LogP contribution in [0.15, 0.2) is 168 Å². The molecule has 0 fully saturated rings. The van der Waals surface area contributed by atoms with Gasteiger partial charge in [0.2, 0.25) is 0 Å². The lowest BCUT2D eigenvalue weighted by atomic mass is 9.87. The maximum atomic E-state index is 6.46. The average Bonchev–Trinajstić information content (AvgIpc) is 3.59. The minimum absolute atomic E-state index is 0.00181. The van der Waals surface area contributed by atoms with Crippen molar-refractivity contribution in [2.75, 3.05) is 0 Å². The van der Waals surface area contributed by atoms with E-state index in [9.17, 15) is 0 Å². The second kappa shape index (κ2) is 12.0. The number of hydrogen-bond donors (Lipinski definition) is 0. The van der Waals surface area contributed by atoms with Crippen LogP contribution in [0.3, 0.4) is 0 Å². The Bertz CT molecular complexity index is 2780. The zero-order chi connectivity index (χ0) is 33.7. The van der Waals surface area contributed by atoms with E-state index in [-0.39, 0.29) is 5.92 Å². The van der Waals surface area contributed by atoms with Crippen molar-refractivity contribution in [2.45, 2.75) is 12.3 Å². The quantitative estimate of drug-likeness (QED) is 0.185. The molecule has 0 saturated carbocycles. The topological polar surface area (TPSA) is 51.8 Å². The van der Waals surface area contributed by atoms with E-state index in [2.05, 4.69) is 133 Å². The van der Waals surface area contributed by atoms with Gasteiger partial charge in [-0.2, -0.15) is 0 Å². The maximum Gasteiger partial charge on any atom is 0.164 e. The van der Waals surface area contributed by atoms with Crippen molar-refractivity contribution in [2.24, 2.45) is 0 Å². The highest BCUT2D eigenvalue weighted by Gasteiger charge is 2.23. The smallest absolute Gasteiger partial charge is 0.164 e. The highest BCUT2D eigenvalue weighted by molar-refractivity contribution is 6.12. The lowest BCUT2D eigenvalue weighted by molar-refractivity contribution is 0.669. The first-order valence-electron chi connectivity index (χ1n) is 17.4. The van der Waals surface area contributed by atoms with Crippen molar-refractivity contribution in [3.05, 3.63) is 181 Å². The Hall–Kier alpha value is -6.65. The number of aromatic nitrogens is 3. The highest BCUT2D eigenvalue weighted by Crippen LogP contribution is 2.39. The summed E-state index contributed by atoms with van der Waals surface area (Å²) in [6, 6.07) is 55.1. The van der Waals surface area contributed by atoms with E-state index in [4.69, 9.17) is 19.4 Å². The predicted octanol–water partition coefficient (Wildman–Crippen LogP) is 11.9. The molecular weight excluding hydrogens is 623 g/mol. The summed E-state index contributed by atoms with van der Waals surface area (Å²) in [6.07, 6.45) is 5.29. The second-order valence-electron chi connectivity index (χ2n) is 13.2. The van der Waals surface area contributed by atoms with E-state index < -0.39 is 0 Å². The second-order valence-corrected chi connectivity index (χ2v) is 13.2. The first kappa shape index (κ1) is 29.3. The van der Waals surface area contributed by atoms with Gasteiger partial charge in [-0.3, -0.25) is 0 Å². The van der Waals surface area contributed by atoms with Gasteiger partial charge < -0.3 is 4.42 Å². The van der Waals surface area contributed by atoms with E-state index >= 15 is 0 Å². The summed E-state index contributed by atoms with van der Waals surface area (Å²) in [6.45, 7) is 0. The van der Waals surface area contributed by atoms with E-state index in [1.54, 1.807) is 0 Å². The zero-order valence-electron chi connectivity index (χ0n) is 27.7. The summed E-state index contributed by atoms with van der Waals surface area (Å²) in [7, 11) is 0. The molecule has 0 N–H and O–H groups in total.